The van der Waals surface area contributed by atoms with E-state index in [-0.39, 0.29) is 36.7 Å². The molecule has 2 amide bonds. The number of sulfonamides is 1. The van der Waals surface area contributed by atoms with Crippen molar-refractivity contribution < 1.29 is 18.0 Å². The number of piperidine rings is 1. The third-order valence-corrected chi connectivity index (χ3v) is 10.5. The smallest absolute Gasteiger partial charge is 0.256 e. The monoisotopic (exact) mass is 573 g/mol. The number of rotatable bonds is 6. The summed E-state index contributed by atoms with van der Waals surface area (Å²) >= 11 is 0. The summed E-state index contributed by atoms with van der Waals surface area (Å²) in [6.07, 6.45) is 6.72. The van der Waals surface area contributed by atoms with E-state index in [4.69, 9.17) is 4.99 Å². The van der Waals surface area contributed by atoms with E-state index in [1.165, 1.54) is 10.6 Å². The van der Waals surface area contributed by atoms with Gasteiger partial charge in [0.1, 0.15) is 11.4 Å². The summed E-state index contributed by atoms with van der Waals surface area (Å²) in [5, 5.41) is 1.15. The number of amidine groups is 1. The minimum Gasteiger partial charge on any atom is -0.361 e. The highest BCUT2D eigenvalue weighted by molar-refractivity contribution is 7.88. The molecule has 3 fully saturated rings. The Morgan fingerprint density at radius 1 is 0.976 bits per heavy atom. The van der Waals surface area contributed by atoms with Gasteiger partial charge >= 0.3 is 0 Å². The molecule has 2 aromatic carbocycles. The van der Waals surface area contributed by atoms with Gasteiger partial charge in [0.05, 0.1) is 6.26 Å². The Hall–Kier alpha value is -3.50. The van der Waals surface area contributed by atoms with Gasteiger partial charge in [-0.25, -0.2) is 12.7 Å². The molecule has 2 saturated heterocycles. The molecule has 7 rings (SSSR count). The lowest BCUT2D eigenvalue weighted by Gasteiger charge is -2.35. The molecule has 10 heteroatoms. The molecular weight excluding hydrogens is 538 g/mol. The molecule has 1 unspecified atom stereocenters. The van der Waals surface area contributed by atoms with Gasteiger partial charge in [0.15, 0.2) is 0 Å². The summed E-state index contributed by atoms with van der Waals surface area (Å²) in [5.74, 6) is 1.24. The van der Waals surface area contributed by atoms with Crippen LogP contribution < -0.4 is 0 Å². The number of nitrogens with zero attached hydrogens (tertiary/aromatic N) is 4. The number of carbonyl (C=O) groups is 2. The van der Waals surface area contributed by atoms with Gasteiger partial charge in [-0.05, 0) is 72.7 Å². The molecule has 9 nitrogen and oxygen atoms in total. The fourth-order valence-corrected chi connectivity index (χ4v) is 7.48. The number of benzene rings is 2. The maximum Gasteiger partial charge on any atom is 0.256 e. The summed E-state index contributed by atoms with van der Waals surface area (Å²) < 4.78 is 25.8. The van der Waals surface area contributed by atoms with Crippen molar-refractivity contribution in [3.05, 3.63) is 60.3 Å². The molecule has 1 N–H and O–H groups in total. The van der Waals surface area contributed by atoms with E-state index in [1.807, 2.05) is 28.1 Å². The molecule has 214 valence electrons. The highest BCUT2D eigenvalue weighted by atomic mass is 32.2. The Morgan fingerprint density at radius 3 is 2.39 bits per heavy atom. The fraction of sp³-hybridized carbons (Fsp3) is 0.452. The molecule has 0 radical (unpaired) electrons. The second-order valence-electron chi connectivity index (χ2n) is 12.1. The summed E-state index contributed by atoms with van der Waals surface area (Å²) in [6, 6.07) is 16.6. The summed E-state index contributed by atoms with van der Waals surface area (Å²) in [7, 11) is -3.32. The van der Waals surface area contributed by atoms with Gasteiger partial charge in [0.25, 0.3) is 5.91 Å². The normalized spacial score (nSPS) is 23.1. The zero-order valence-electron chi connectivity index (χ0n) is 23.3. The molecule has 3 aliphatic heterocycles. The number of H-pyrrole nitrogens is 1. The number of hydrogen-bond acceptors (Lipinski definition) is 5. The van der Waals surface area contributed by atoms with Crippen LogP contribution in [0.2, 0.25) is 0 Å². The van der Waals surface area contributed by atoms with Crippen LogP contribution in [0.5, 0.6) is 0 Å². The molecule has 4 aliphatic rings. The summed E-state index contributed by atoms with van der Waals surface area (Å²) in [4.78, 5) is 38.9. The Labute approximate surface area is 240 Å². The van der Waals surface area contributed by atoms with Crippen LogP contribution in [0.4, 0.5) is 0 Å². The summed E-state index contributed by atoms with van der Waals surface area (Å²) in [5.41, 5.74) is 3.21. The van der Waals surface area contributed by atoms with Crippen molar-refractivity contribution in [1.29, 1.82) is 0 Å². The molecule has 1 atom stereocenters. The molecule has 3 aromatic rings. The van der Waals surface area contributed by atoms with Crippen LogP contribution >= 0.6 is 0 Å². The van der Waals surface area contributed by atoms with Crippen molar-refractivity contribution in [2.45, 2.75) is 37.6 Å². The summed E-state index contributed by atoms with van der Waals surface area (Å²) in [6.45, 7) is 2.48. The minimum absolute atomic E-state index is 0.0467. The number of likely N-dealkylation sites (tertiary alicyclic amines) is 1. The van der Waals surface area contributed by atoms with Crippen molar-refractivity contribution in [2.75, 3.05) is 39.0 Å². The van der Waals surface area contributed by atoms with Gasteiger partial charge in [-0.2, -0.15) is 0 Å². The van der Waals surface area contributed by atoms with Gasteiger partial charge in [-0.3, -0.25) is 19.5 Å². The van der Waals surface area contributed by atoms with Crippen LogP contribution in [0.25, 0.3) is 22.0 Å². The lowest BCUT2D eigenvalue weighted by molar-refractivity contribution is -0.132. The van der Waals surface area contributed by atoms with E-state index in [0.717, 1.165) is 53.4 Å². The maximum atomic E-state index is 14.1. The molecule has 4 heterocycles. The standard InChI is InChI=1S/C31H35N5O4S/c1-41(39,40)35-16-12-31(13-17-35)30(38)36(20-21-11-15-34(19-21)29(37)24-6-7-24)28(33-31)23-4-2-22(3-5-23)25-8-9-27-26(18-25)10-14-32-27/h2-5,8-10,14,18,21,24,32H,6-7,11-13,15-17,19-20H2,1H3. The highest BCUT2D eigenvalue weighted by Gasteiger charge is 2.51. The average Bonchev–Trinajstić information content (AvgIpc) is 3.43. The Morgan fingerprint density at radius 2 is 1.68 bits per heavy atom. The molecule has 1 aromatic heterocycles. The van der Waals surface area contributed by atoms with Gasteiger partial charge in [-0.1, -0.05) is 30.3 Å². The first-order valence-electron chi connectivity index (χ1n) is 14.5. The van der Waals surface area contributed by atoms with Crippen molar-refractivity contribution in [1.82, 2.24) is 19.1 Å². The van der Waals surface area contributed by atoms with Crippen LogP contribution in [0.3, 0.4) is 0 Å². The second-order valence-corrected chi connectivity index (χ2v) is 14.1. The Kier molecular flexibility index (Phi) is 6.31. The van der Waals surface area contributed by atoms with Crippen molar-refractivity contribution >= 4 is 38.6 Å². The quantitative estimate of drug-likeness (QED) is 0.487. The Balaban J connectivity index is 1.16. The highest BCUT2D eigenvalue weighted by Crippen LogP contribution is 2.38. The number of carbonyl (C=O) groups excluding carboxylic acids is 2. The van der Waals surface area contributed by atoms with E-state index in [9.17, 15) is 18.0 Å². The number of amides is 2. The number of hydrogen-bond donors (Lipinski definition) is 1. The molecule has 1 spiro atoms. The predicted octanol–water partition coefficient (Wildman–Crippen LogP) is 3.48. The molecule has 0 bridgehead atoms. The molecule has 41 heavy (non-hydrogen) atoms. The number of fused-ring (bicyclic) bond motifs is 1. The Bertz CT molecular complexity index is 1650. The number of nitrogens with one attached hydrogen (secondary N) is 1. The number of aromatic amines is 1. The van der Waals surface area contributed by atoms with Crippen molar-refractivity contribution in [2.24, 2.45) is 16.8 Å². The van der Waals surface area contributed by atoms with Crippen molar-refractivity contribution in [3.63, 3.8) is 0 Å². The van der Waals surface area contributed by atoms with Crippen LogP contribution in [0.1, 0.15) is 37.7 Å². The van der Waals surface area contributed by atoms with Crippen LogP contribution in [0, 0.1) is 11.8 Å². The average molecular weight is 574 g/mol. The zero-order chi connectivity index (χ0) is 28.4. The topological polar surface area (TPSA) is 106 Å². The van der Waals surface area contributed by atoms with E-state index in [2.05, 4.69) is 41.4 Å². The first-order chi connectivity index (χ1) is 19.7. The third-order valence-electron chi connectivity index (χ3n) is 9.23. The first-order valence-corrected chi connectivity index (χ1v) is 16.4. The van der Waals surface area contributed by atoms with E-state index < -0.39 is 15.6 Å². The number of aromatic nitrogens is 1. The van der Waals surface area contributed by atoms with Gasteiger partial charge in [0, 0.05) is 55.9 Å². The van der Waals surface area contributed by atoms with E-state index in [0.29, 0.717) is 31.8 Å². The lowest BCUT2D eigenvalue weighted by atomic mass is 9.88. The van der Waals surface area contributed by atoms with E-state index in [1.54, 1.807) is 0 Å². The lowest BCUT2D eigenvalue weighted by Crippen LogP contribution is -2.51. The van der Waals surface area contributed by atoms with Crippen LogP contribution in [-0.2, 0) is 19.6 Å². The van der Waals surface area contributed by atoms with E-state index >= 15 is 0 Å². The number of aliphatic imine (C=N–C) groups is 1. The predicted molar refractivity (Wildman–Crippen MR) is 158 cm³/mol. The molecule has 1 aliphatic carbocycles. The molecule has 1 saturated carbocycles. The van der Waals surface area contributed by atoms with Crippen molar-refractivity contribution in [3.8, 4) is 11.1 Å². The van der Waals surface area contributed by atoms with Crippen LogP contribution in [0.15, 0.2) is 59.7 Å². The fourth-order valence-electron chi connectivity index (χ4n) is 6.63. The zero-order valence-corrected chi connectivity index (χ0v) is 24.1. The largest absolute Gasteiger partial charge is 0.361 e. The SMILES string of the molecule is CS(=O)(=O)N1CCC2(CC1)N=C(c1ccc(-c3ccc4[nH]ccc4c3)cc1)N(CC1CCN(C(=O)C3CC3)C1)C2=O. The van der Waals surface area contributed by atoms with Crippen LogP contribution in [-0.4, -0.2) is 89.7 Å². The second kappa shape index (κ2) is 9.80. The van der Waals surface area contributed by atoms with Gasteiger partial charge in [-0.15, -0.1) is 0 Å². The maximum absolute atomic E-state index is 14.1. The first kappa shape index (κ1) is 26.4. The minimum atomic E-state index is -3.32. The van der Waals surface area contributed by atoms with Gasteiger partial charge < -0.3 is 9.88 Å². The third kappa shape index (κ3) is 4.86. The van der Waals surface area contributed by atoms with Gasteiger partial charge in [0.2, 0.25) is 15.9 Å². The molecular formula is C31H35N5O4S.